The number of aromatic nitrogens is 4. The van der Waals surface area contributed by atoms with Crippen LogP contribution in [0.4, 0.5) is 11.8 Å². The first-order valence-electron chi connectivity index (χ1n) is 7.98. The average molecular weight is 319 g/mol. The zero-order valence-electron chi connectivity index (χ0n) is 14.2. The number of rotatable bonds is 4. The highest BCUT2D eigenvalue weighted by Gasteiger charge is 2.22. The lowest BCUT2D eigenvalue weighted by atomic mass is 10.2. The van der Waals surface area contributed by atoms with Crippen molar-refractivity contribution in [2.75, 3.05) is 43.9 Å². The van der Waals surface area contributed by atoms with Crippen molar-refractivity contribution in [3.8, 4) is 0 Å². The number of ether oxygens (including phenoxy) is 1. The van der Waals surface area contributed by atoms with Crippen molar-refractivity contribution in [1.82, 2.24) is 24.6 Å². The van der Waals surface area contributed by atoms with E-state index in [0.29, 0.717) is 11.8 Å². The van der Waals surface area contributed by atoms with Crippen molar-refractivity contribution < 1.29 is 4.74 Å². The Labute approximate surface area is 136 Å². The van der Waals surface area contributed by atoms with Gasteiger partial charge in [-0.15, -0.1) is 0 Å². The van der Waals surface area contributed by atoms with E-state index in [4.69, 9.17) is 10.5 Å². The summed E-state index contributed by atoms with van der Waals surface area (Å²) in [6.45, 7) is 7.94. The molecule has 2 aromatic heterocycles. The Kier molecular flexibility index (Phi) is 4.36. The van der Waals surface area contributed by atoms with Crippen LogP contribution in [0.15, 0.2) is 6.20 Å². The van der Waals surface area contributed by atoms with Gasteiger partial charge in [0.2, 0.25) is 5.95 Å². The van der Waals surface area contributed by atoms with Gasteiger partial charge in [0, 0.05) is 40.3 Å². The Morgan fingerprint density at radius 3 is 2.70 bits per heavy atom. The number of hydrogen-bond donors (Lipinski definition) is 1. The molecule has 0 amide bonds. The monoisotopic (exact) mass is 319 g/mol. The molecule has 2 atom stereocenters. The summed E-state index contributed by atoms with van der Waals surface area (Å²) >= 11 is 0. The molecule has 8 heteroatoms. The van der Waals surface area contributed by atoms with Crippen molar-refractivity contribution in [1.29, 1.82) is 0 Å². The molecule has 1 fully saturated rings. The number of anilines is 2. The molecule has 0 bridgehead atoms. The van der Waals surface area contributed by atoms with Crippen molar-refractivity contribution in [2.45, 2.75) is 26.1 Å². The molecule has 8 nitrogen and oxygen atoms in total. The molecule has 3 rings (SSSR count). The Morgan fingerprint density at radius 2 is 2.00 bits per heavy atom. The molecule has 2 N–H and O–H groups in total. The fourth-order valence-corrected chi connectivity index (χ4v) is 3.06. The quantitative estimate of drug-likeness (QED) is 0.878. The molecular weight excluding hydrogens is 294 g/mol. The molecule has 1 aliphatic heterocycles. The van der Waals surface area contributed by atoms with E-state index in [1.165, 1.54) is 0 Å². The van der Waals surface area contributed by atoms with Crippen molar-refractivity contribution in [3.63, 3.8) is 0 Å². The van der Waals surface area contributed by atoms with Gasteiger partial charge in [-0.2, -0.15) is 15.1 Å². The number of hydrogen-bond acceptors (Lipinski definition) is 7. The maximum absolute atomic E-state index is 6.03. The van der Waals surface area contributed by atoms with Crippen LogP contribution in [0.3, 0.4) is 0 Å². The van der Waals surface area contributed by atoms with Gasteiger partial charge in [-0.1, -0.05) is 0 Å². The van der Waals surface area contributed by atoms with Crippen molar-refractivity contribution in [3.05, 3.63) is 6.20 Å². The Morgan fingerprint density at radius 1 is 1.30 bits per heavy atom. The fourth-order valence-electron chi connectivity index (χ4n) is 3.06. The summed E-state index contributed by atoms with van der Waals surface area (Å²) in [6, 6.07) is 0. The molecule has 3 heterocycles. The van der Waals surface area contributed by atoms with E-state index in [2.05, 4.69) is 33.8 Å². The Balaban J connectivity index is 1.68. The molecule has 0 radical (unpaired) electrons. The van der Waals surface area contributed by atoms with E-state index in [9.17, 15) is 0 Å². The number of nitrogen functional groups attached to an aromatic ring is 1. The fraction of sp³-hybridized carbons (Fsp3) is 0.667. The Hall–Kier alpha value is -1.93. The summed E-state index contributed by atoms with van der Waals surface area (Å²) in [5.41, 5.74) is 6.78. The molecular formula is C15H25N7O. The summed E-state index contributed by atoms with van der Waals surface area (Å²) in [7, 11) is 3.85. The second-order valence-corrected chi connectivity index (χ2v) is 6.35. The summed E-state index contributed by atoms with van der Waals surface area (Å²) in [4.78, 5) is 13.4. The maximum Gasteiger partial charge on any atom is 0.229 e. The third kappa shape index (κ3) is 3.37. The second-order valence-electron chi connectivity index (χ2n) is 6.35. The normalized spacial score (nSPS) is 22.6. The second kappa shape index (κ2) is 6.29. The van der Waals surface area contributed by atoms with E-state index < -0.39 is 0 Å². The lowest BCUT2D eigenvalue weighted by Crippen LogP contribution is -2.47. The van der Waals surface area contributed by atoms with Crippen molar-refractivity contribution >= 4 is 22.8 Å². The summed E-state index contributed by atoms with van der Waals surface area (Å²) in [5, 5.41) is 4.98. The molecule has 126 valence electrons. The summed E-state index contributed by atoms with van der Waals surface area (Å²) in [6.07, 6.45) is 2.26. The molecule has 1 aliphatic rings. The average Bonchev–Trinajstić information content (AvgIpc) is 2.86. The smallest absolute Gasteiger partial charge is 0.229 e. The molecule has 0 spiro atoms. The van der Waals surface area contributed by atoms with Crippen LogP contribution >= 0.6 is 0 Å². The predicted octanol–water partition coefficient (Wildman–Crippen LogP) is 0.491. The number of aryl methyl sites for hydroxylation is 1. The molecule has 0 aromatic carbocycles. The SMILES string of the molecule is C[C@@H]1CN(CCN(C)c2nc(N)c3cnn(C)c3n2)C[C@H](C)O1. The number of likely N-dealkylation sites (N-methyl/N-ethyl adjacent to an activating group) is 1. The summed E-state index contributed by atoms with van der Waals surface area (Å²) < 4.78 is 7.49. The topological polar surface area (TPSA) is 85.3 Å². The number of fused-ring (bicyclic) bond motifs is 1. The third-order valence-electron chi connectivity index (χ3n) is 4.20. The van der Waals surface area contributed by atoms with Gasteiger partial charge in [-0.3, -0.25) is 9.58 Å². The standard InChI is InChI=1S/C15H25N7O/c1-10-8-22(9-11(2)23-10)6-5-20(3)15-18-13(16)12-7-17-21(4)14(12)19-15/h7,10-11H,5-6,8-9H2,1-4H3,(H2,16,18,19)/t10-,11+. The van der Waals surface area contributed by atoms with Crippen LogP contribution in [0.25, 0.3) is 11.0 Å². The van der Waals surface area contributed by atoms with Gasteiger partial charge < -0.3 is 15.4 Å². The van der Waals surface area contributed by atoms with Crippen LogP contribution in [0.2, 0.25) is 0 Å². The van der Waals surface area contributed by atoms with Crippen LogP contribution in [0, 0.1) is 0 Å². The molecule has 1 saturated heterocycles. The van der Waals surface area contributed by atoms with Crippen LogP contribution in [0.5, 0.6) is 0 Å². The van der Waals surface area contributed by atoms with E-state index in [1.807, 2.05) is 19.0 Å². The molecule has 0 saturated carbocycles. The highest BCUT2D eigenvalue weighted by molar-refractivity contribution is 5.86. The first-order chi connectivity index (χ1) is 10.9. The van der Waals surface area contributed by atoms with E-state index >= 15 is 0 Å². The molecule has 0 unspecified atom stereocenters. The minimum Gasteiger partial charge on any atom is -0.383 e. The highest BCUT2D eigenvalue weighted by atomic mass is 16.5. The molecule has 0 aliphatic carbocycles. The number of morpholine rings is 1. The van der Waals surface area contributed by atoms with Crippen LogP contribution in [-0.4, -0.2) is 70.1 Å². The Bertz CT molecular complexity index is 676. The van der Waals surface area contributed by atoms with Gasteiger partial charge >= 0.3 is 0 Å². The lowest BCUT2D eigenvalue weighted by molar-refractivity contribution is -0.0670. The van der Waals surface area contributed by atoms with Gasteiger partial charge in [-0.05, 0) is 13.8 Å². The predicted molar refractivity (Wildman–Crippen MR) is 90.4 cm³/mol. The zero-order valence-corrected chi connectivity index (χ0v) is 14.2. The number of nitrogens with two attached hydrogens (primary N) is 1. The molecule has 2 aromatic rings. The maximum atomic E-state index is 6.03. The van der Waals surface area contributed by atoms with Gasteiger partial charge in [0.15, 0.2) is 5.65 Å². The van der Waals surface area contributed by atoms with Gasteiger partial charge in [0.1, 0.15) is 5.82 Å². The van der Waals surface area contributed by atoms with E-state index in [-0.39, 0.29) is 12.2 Å². The van der Waals surface area contributed by atoms with Crippen LogP contribution in [0.1, 0.15) is 13.8 Å². The van der Waals surface area contributed by atoms with Gasteiger partial charge in [0.05, 0.1) is 23.8 Å². The van der Waals surface area contributed by atoms with Gasteiger partial charge in [0.25, 0.3) is 0 Å². The lowest BCUT2D eigenvalue weighted by Gasteiger charge is -2.36. The minimum absolute atomic E-state index is 0.279. The minimum atomic E-state index is 0.279. The van der Waals surface area contributed by atoms with Crippen molar-refractivity contribution in [2.24, 2.45) is 7.05 Å². The van der Waals surface area contributed by atoms with E-state index in [1.54, 1.807) is 10.9 Å². The third-order valence-corrected chi connectivity index (χ3v) is 4.20. The first kappa shape index (κ1) is 15.9. The van der Waals surface area contributed by atoms with Crippen LogP contribution in [-0.2, 0) is 11.8 Å². The largest absolute Gasteiger partial charge is 0.383 e. The summed E-state index contributed by atoms with van der Waals surface area (Å²) in [5.74, 6) is 1.10. The van der Waals surface area contributed by atoms with Crippen LogP contribution < -0.4 is 10.6 Å². The van der Waals surface area contributed by atoms with E-state index in [0.717, 1.165) is 37.2 Å². The number of nitrogens with zero attached hydrogens (tertiary/aromatic N) is 6. The van der Waals surface area contributed by atoms with Gasteiger partial charge in [-0.25, -0.2) is 0 Å². The molecule has 23 heavy (non-hydrogen) atoms. The first-order valence-corrected chi connectivity index (χ1v) is 7.98. The zero-order chi connectivity index (χ0) is 16.6. The highest BCUT2D eigenvalue weighted by Crippen LogP contribution is 2.20.